The van der Waals surface area contributed by atoms with Crippen LogP contribution in [0.15, 0.2) is 90.0 Å². The number of rotatable bonds is 4. The molecule has 4 aliphatic rings. The molecule has 1 N–H and O–H groups in total. The summed E-state index contributed by atoms with van der Waals surface area (Å²) in [6, 6.07) is 21.7. The third-order valence-corrected chi connectivity index (χ3v) is 11.3. The van der Waals surface area contributed by atoms with Gasteiger partial charge in [0.1, 0.15) is 0 Å². The SMILES string of the molecule is C/C(=C/C=C(c1ccccc1)c1ccccc1)[C@@H]1CC[C@@H]2[C@@H]3CC=C4C[C@H](O)CC[C@]4(C)[C@@H]3CC[C@@]21C. The number of hydrogen-bond donors (Lipinski definition) is 1. The summed E-state index contributed by atoms with van der Waals surface area (Å²) in [5.74, 6) is 3.13. The second-order valence-electron chi connectivity index (χ2n) is 13.1. The number of allylic oxidation sites excluding steroid dienone is 4. The van der Waals surface area contributed by atoms with Gasteiger partial charge in [-0.05, 0) is 109 Å². The van der Waals surface area contributed by atoms with Crippen molar-refractivity contribution in [2.45, 2.75) is 78.2 Å². The van der Waals surface area contributed by atoms with E-state index in [0.717, 1.165) is 30.6 Å². The van der Waals surface area contributed by atoms with Gasteiger partial charge < -0.3 is 5.11 Å². The van der Waals surface area contributed by atoms with Gasteiger partial charge in [-0.2, -0.15) is 0 Å². The average Bonchev–Trinajstić information content (AvgIpc) is 3.28. The van der Waals surface area contributed by atoms with Crippen molar-refractivity contribution in [3.8, 4) is 0 Å². The molecule has 0 spiro atoms. The molecule has 0 saturated heterocycles. The number of fused-ring (bicyclic) bond motifs is 5. The zero-order chi connectivity index (χ0) is 25.6. The fourth-order valence-corrected chi connectivity index (χ4v) is 9.32. The summed E-state index contributed by atoms with van der Waals surface area (Å²) < 4.78 is 0. The van der Waals surface area contributed by atoms with E-state index in [4.69, 9.17) is 0 Å². The molecule has 0 aromatic heterocycles. The summed E-state index contributed by atoms with van der Waals surface area (Å²) in [6.07, 6.45) is 17.0. The van der Waals surface area contributed by atoms with E-state index in [2.05, 4.69) is 99.7 Å². The highest BCUT2D eigenvalue weighted by Crippen LogP contribution is 2.67. The van der Waals surface area contributed by atoms with E-state index < -0.39 is 0 Å². The third kappa shape index (κ3) is 4.28. The largest absolute Gasteiger partial charge is 0.393 e. The minimum absolute atomic E-state index is 0.113. The first-order chi connectivity index (χ1) is 17.9. The Balaban J connectivity index is 1.28. The number of aliphatic hydroxyl groups excluding tert-OH is 1. The van der Waals surface area contributed by atoms with Crippen LogP contribution in [0, 0.1) is 34.5 Å². The molecule has 7 atom stereocenters. The lowest BCUT2D eigenvalue weighted by atomic mass is 9.47. The zero-order valence-corrected chi connectivity index (χ0v) is 23.0. The van der Waals surface area contributed by atoms with Gasteiger partial charge in [0.2, 0.25) is 0 Å². The van der Waals surface area contributed by atoms with Crippen LogP contribution in [-0.4, -0.2) is 11.2 Å². The summed E-state index contributed by atoms with van der Waals surface area (Å²) in [7, 11) is 0. The molecule has 2 aromatic rings. The average molecular weight is 493 g/mol. The van der Waals surface area contributed by atoms with Crippen LogP contribution in [0.4, 0.5) is 0 Å². The second-order valence-corrected chi connectivity index (χ2v) is 13.1. The van der Waals surface area contributed by atoms with Crippen LogP contribution in [0.1, 0.15) is 83.3 Å². The molecular formula is C36H44O. The predicted octanol–water partition coefficient (Wildman–Crippen LogP) is 9.00. The summed E-state index contributed by atoms with van der Waals surface area (Å²) >= 11 is 0. The first-order valence-electron chi connectivity index (χ1n) is 14.8. The first kappa shape index (κ1) is 24.9. The Morgan fingerprint density at radius 2 is 1.49 bits per heavy atom. The molecule has 2 aromatic carbocycles. The lowest BCUT2D eigenvalue weighted by Crippen LogP contribution is -2.50. The van der Waals surface area contributed by atoms with Crippen LogP contribution in [0.25, 0.3) is 5.57 Å². The minimum Gasteiger partial charge on any atom is -0.393 e. The van der Waals surface area contributed by atoms with Crippen LogP contribution in [0.2, 0.25) is 0 Å². The topological polar surface area (TPSA) is 20.2 Å². The van der Waals surface area contributed by atoms with Gasteiger partial charge in [0.15, 0.2) is 0 Å². The van der Waals surface area contributed by atoms with Crippen molar-refractivity contribution in [3.63, 3.8) is 0 Å². The van der Waals surface area contributed by atoms with Crippen LogP contribution in [-0.2, 0) is 0 Å². The quantitative estimate of drug-likeness (QED) is 0.333. The fourth-order valence-electron chi connectivity index (χ4n) is 9.32. The second kappa shape index (κ2) is 9.73. The van der Waals surface area contributed by atoms with Crippen LogP contribution >= 0.6 is 0 Å². The maximum absolute atomic E-state index is 10.3. The van der Waals surface area contributed by atoms with Crippen molar-refractivity contribution in [3.05, 3.63) is 101 Å². The van der Waals surface area contributed by atoms with Gasteiger partial charge in [-0.15, -0.1) is 0 Å². The Kier molecular flexibility index (Phi) is 6.56. The molecule has 4 aliphatic carbocycles. The fraction of sp³-hybridized carbons (Fsp3) is 0.500. The Morgan fingerprint density at radius 1 is 0.811 bits per heavy atom. The van der Waals surface area contributed by atoms with E-state index in [0.29, 0.717) is 16.7 Å². The zero-order valence-electron chi connectivity index (χ0n) is 23.0. The standard InChI is InChI=1S/C36H44O/c1-25(14-16-30(26-10-6-4-7-11-26)27-12-8-5-9-13-27)32-18-19-33-31-17-15-28-24-29(37)20-22-35(28,2)34(31)21-23-36(32,33)3/h4-16,29,31-34,37H,17-24H2,1-3H3/b25-14-/t29-,31+,32+,33-,34-,35+,36-/m1/s1. The molecular weight excluding hydrogens is 448 g/mol. The Hall–Kier alpha value is -2.38. The van der Waals surface area contributed by atoms with Crippen molar-refractivity contribution >= 4 is 5.57 Å². The number of hydrogen-bond acceptors (Lipinski definition) is 1. The first-order valence-corrected chi connectivity index (χ1v) is 14.8. The molecule has 194 valence electrons. The van der Waals surface area contributed by atoms with Crippen LogP contribution < -0.4 is 0 Å². The number of benzene rings is 2. The summed E-state index contributed by atoms with van der Waals surface area (Å²) in [5.41, 5.74) is 7.75. The van der Waals surface area contributed by atoms with E-state index >= 15 is 0 Å². The van der Waals surface area contributed by atoms with Crippen molar-refractivity contribution in [1.29, 1.82) is 0 Å². The van der Waals surface area contributed by atoms with E-state index in [9.17, 15) is 5.11 Å². The van der Waals surface area contributed by atoms with E-state index in [1.54, 1.807) is 11.1 Å². The highest BCUT2D eigenvalue weighted by Gasteiger charge is 2.58. The lowest BCUT2D eigenvalue weighted by Gasteiger charge is -2.58. The monoisotopic (exact) mass is 492 g/mol. The molecule has 1 heteroatoms. The molecule has 0 bridgehead atoms. The van der Waals surface area contributed by atoms with Crippen LogP contribution in [0.3, 0.4) is 0 Å². The summed E-state index contributed by atoms with van der Waals surface area (Å²) in [5, 5.41) is 10.3. The molecule has 0 aliphatic heterocycles. The van der Waals surface area contributed by atoms with Gasteiger partial charge in [0, 0.05) is 0 Å². The highest BCUT2D eigenvalue weighted by molar-refractivity contribution is 5.80. The Labute approximate surface area is 224 Å². The molecule has 37 heavy (non-hydrogen) atoms. The van der Waals surface area contributed by atoms with Crippen molar-refractivity contribution in [2.75, 3.05) is 0 Å². The van der Waals surface area contributed by atoms with Crippen molar-refractivity contribution < 1.29 is 5.11 Å². The van der Waals surface area contributed by atoms with E-state index in [1.807, 2.05) is 0 Å². The molecule has 6 rings (SSSR count). The number of aliphatic hydroxyl groups is 1. The summed E-state index contributed by atoms with van der Waals surface area (Å²) in [4.78, 5) is 0. The predicted molar refractivity (Wildman–Crippen MR) is 155 cm³/mol. The molecule has 3 fully saturated rings. The van der Waals surface area contributed by atoms with Crippen molar-refractivity contribution in [2.24, 2.45) is 34.5 Å². The van der Waals surface area contributed by atoms with Gasteiger partial charge in [0.05, 0.1) is 6.10 Å². The molecule has 1 nitrogen and oxygen atoms in total. The molecule has 3 saturated carbocycles. The van der Waals surface area contributed by atoms with Crippen molar-refractivity contribution in [1.82, 2.24) is 0 Å². The van der Waals surface area contributed by atoms with E-state index in [-0.39, 0.29) is 6.10 Å². The molecule has 0 unspecified atom stereocenters. The highest BCUT2D eigenvalue weighted by atomic mass is 16.3. The molecule has 0 amide bonds. The van der Waals surface area contributed by atoms with Gasteiger partial charge in [-0.25, -0.2) is 0 Å². The van der Waals surface area contributed by atoms with Gasteiger partial charge in [-0.1, -0.05) is 104 Å². The maximum Gasteiger partial charge on any atom is 0.0577 e. The van der Waals surface area contributed by atoms with Gasteiger partial charge >= 0.3 is 0 Å². The maximum atomic E-state index is 10.3. The summed E-state index contributed by atoms with van der Waals surface area (Å²) in [6.45, 7) is 7.58. The van der Waals surface area contributed by atoms with Crippen LogP contribution in [0.5, 0.6) is 0 Å². The van der Waals surface area contributed by atoms with Gasteiger partial charge in [-0.3, -0.25) is 0 Å². The normalized spacial score (nSPS) is 37.1. The third-order valence-electron chi connectivity index (χ3n) is 11.3. The lowest BCUT2D eigenvalue weighted by molar-refractivity contribution is -0.0454. The Morgan fingerprint density at radius 3 is 2.16 bits per heavy atom. The minimum atomic E-state index is -0.113. The Bertz CT molecular complexity index is 1160. The molecule has 0 radical (unpaired) electrons. The van der Waals surface area contributed by atoms with Gasteiger partial charge in [0.25, 0.3) is 0 Å². The van der Waals surface area contributed by atoms with E-state index in [1.165, 1.54) is 55.2 Å². The molecule has 0 heterocycles. The smallest absolute Gasteiger partial charge is 0.0577 e.